The highest BCUT2D eigenvalue weighted by Gasteiger charge is 2.16. The highest BCUT2D eigenvalue weighted by molar-refractivity contribution is 7.98. The lowest BCUT2D eigenvalue weighted by molar-refractivity contribution is 0.587. The minimum Gasteiger partial charge on any atom is -0.175 e. The molecule has 1 aromatic carbocycles. The summed E-state index contributed by atoms with van der Waals surface area (Å²) in [5.41, 5.74) is 4.36. The van der Waals surface area contributed by atoms with Crippen LogP contribution in [0.2, 0.25) is 0 Å². The lowest BCUT2D eigenvalue weighted by atomic mass is 9.85. The van der Waals surface area contributed by atoms with Gasteiger partial charge in [-0.15, -0.1) is 11.8 Å². The fourth-order valence-electron chi connectivity index (χ4n) is 1.55. The van der Waals surface area contributed by atoms with E-state index in [0.29, 0.717) is 0 Å². The molecule has 0 aromatic heterocycles. The number of rotatable bonds is 2. The maximum atomic E-state index is 4.40. The average molecular weight is 240 g/mol. The van der Waals surface area contributed by atoms with Crippen molar-refractivity contribution in [1.82, 2.24) is 0 Å². The van der Waals surface area contributed by atoms with E-state index in [2.05, 4.69) is 58.7 Å². The summed E-state index contributed by atoms with van der Waals surface area (Å²) in [6, 6.07) is 4.61. The molecule has 0 N–H and O–H groups in total. The Labute approximate surface area is 103 Å². The Morgan fingerprint density at radius 3 is 2.27 bits per heavy atom. The average Bonchev–Trinajstić information content (AvgIpc) is 2.16. The lowest BCUT2D eigenvalue weighted by Crippen LogP contribution is -2.12. The first-order valence-electron chi connectivity index (χ1n) is 5.19. The molecule has 0 nitrogen and oxygen atoms in total. The molecule has 0 saturated carbocycles. The van der Waals surface area contributed by atoms with Gasteiger partial charge in [0.15, 0.2) is 0 Å². The van der Waals surface area contributed by atoms with E-state index < -0.39 is 0 Å². The van der Waals surface area contributed by atoms with Crippen LogP contribution in [0.5, 0.6) is 0 Å². The summed E-state index contributed by atoms with van der Waals surface area (Å²) in [7, 11) is 0. The van der Waals surface area contributed by atoms with Crippen LogP contribution in [0.1, 0.15) is 37.5 Å². The van der Waals surface area contributed by atoms with Gasteiger partial charge in [0.25, 0.3) is 0 Å². The third kappa shape index (κ3) is 2.94. The van der Waals surface area contributed by atoms with Gasteiger partial charge in [0.1, 0.15) is 0 Å². The molecule has 0 spiro atoms. The monoisotopic (exact) mass is 240 g/mol. The minimum absolute atomic E-state index is 0.218. The zero-order valence-corrected chi connectivity index (χ0v) is 11.9. The van der Waals surface area contributed by atoms with Crippen LogP contribution < -0.4 is 0 Å². The van der Waals surface area contributed by atoms with Crippen molar-refractivity contribution < 1.29 is 0 Å². The van der Waals surface area contributed by atoms with Crippen molar-refractivity contribution >= 4 is 24.4 Å². The van der Waals surface area contributed by atoms with Gasteiger partial charge in [0.05, 0.1) is 0 Å². The first kappa shape index (κ1) is 13.0. The van der Waals surface area contributed by atoms with Gasteiger partial charge in [-0.25, -0.2) is 0 Å². The molecule has 0 aliphatic rings. The second kappa shape index (κ2) is 4.84. The number of hydrogen-bond acceptors (Lipinski definition) is 2. The van der Waals surface area contributed by atoms with Gasteiger partial charge >= 0.3 is 0 Å². The molecule has 84 valence electrons. The van der Waals surface area contributed by atoms with E-state index in [9.17, 15) is 0 Å². The maximum Gasteiger partial charge on any atom is 0.0157 e. The standard InChI is InChI=1S/C13H20S2/c1-9-10(8-14)6-11(13(2,3)4)7-12(9)15-5/h6-7,14H,8H2,1-5H3. The summed E-state index contributed by atoms with van der Waals surface area (Å²) < 4.78 is 0. The summed E-state index contributed by atoms with van der Waals surface area (Å²) in [5, 5.41) is 0. The third-order valence-corrected chi connectivity index (χ3v) is 3.93. The fraction of sp³-hybridized carbons (Fsp3) is 0.538. The Bertz CT molecular complexity index is 323. The highest BCUT2D eigenvalue weighted by Crippen LogP contribution is 2.31. The van der Waals surface area contributed by atoms with Crippen LogP contribution in [-0.4, -0.2) is 6.26 Å². The van der Waals surface area contributed by atoms with Gasteiger partial charge < -0.3 is 0 Å². The molecule has 0 heterocycles. The van der Waals surface area contributed by atoms with E-state index in [0.717, 1.165) is 5.75 Å². The molecule has 0 amide bonds. The van der Waals surface area contributed by atoms with Gasteiger partial charge in [0.2, 0.25) is 0 Å². The van der Waals surface area contributed by atoms with Crippen molar-refractivity contribution in [1.29, 1.82) is 0 Å². The van der Waals surface area contributed by atoms with Crippen LogP contribution in [-0.2, 0) is 11.2 Å². The summed E-state index contributed by atoms with van der Waals surface area (Å²) in [6.07, 6.45) is 2.14. The Hall–Kier alpha value is -0.0800. The first-order valence-corrected chi connectivity index (χ1v) is 7.04. The molecule has 0 radical (unpaired) electrons. The first-order chi connectivity index (χ1) is 6.90. The normalized spacial score (nSPS) is 11.9. The van der Waals surface area contributed by atoms with Gasteiger partial charge in [-0.2, -0.15) is 12.6 Å². The minimum atomic E-state index is 0.218. The molecule has 1 rings (SSSR count). The largest absolute Gasteiger partial charge is 0.175 e. The smallest absolute Gasteiger partial charge is 0.0157 e. The zero-order chi connectivity index (χ0) is 11.6. The molecule has 0 aliphatic carbocycles. The van der Waals surface area contributed by atoms with Crippen LogP contribution in [0.3, 0.4) is 0 Å². The molecule has 0 unspecified atom stereocenters. The van der Waals surface area contributed by atoms with Crippen molar-refractivity contribution in [2.75, 3.05) is 6.26 Å². The van der Waals surface area contributed by atoms with E-state index in [4.69, 9.17) is 0 Å². The number of hydrogen-bond donors (Lipinski definition) is 1. The Kier molecular flexibility index (Phi) is 4.19. The van der Waals surface area contributed by atoms with Crippen molar-refractivity contribution in [2.45, 2.75) is 43.8 Å². The van der Waals surface area contributed by atoms with Crippen molar-refractivity contribution in [3.63, 3.8) is 0 Å². The second-order valence-electron chi connectivity index (χ2n) is 4.87. The van der Waals surface area contributed by atoms with E-state index in [1.54, 1.807) is 0 Å². The van der Waals surface area contributed by atoms with E-state index in [-0.39, 0.29) is 5.41 Å². The zero-order valence-electron chi connectivity index (χ0n) is 10.2. The Balaban J connectivity index is 3.33. The summed E-state index contributed by atoms with van der Waals surface area (Å²) >= 11 is 6.22. The van der Waals surface area contributed by atoms with Crippen molar-refractivity contribution in [3.8, 4) is 0 Å². The van der Waals surface area contributed by atoms with E-state index in [1.165, 1.54) is 21.6 Å². The second-order valence-corrected chi connectivity index (χ2v) is 6.04. The van der Waals surface area contributed by atoms with Gasteiger partial charge in [-0.05, 0) is 41.4 Å². The molecule has 2 heteroatoms. The van der Waals surface area contributed by atoms with E-state index in [1.807, 2.05) is 11.8 Å². The molecule has 0 fully saturated rings. The molecular weight excluding hydrogens is 220 g/mol. The Morgan fingerprint density at radius 2 is 1.87 bits per heavy atom. The maximum absolute atomic E-state index is 4.40. The van der Waals surface area contributed by atoms with Gasteiger partial charge in [0, 0.05) is 10.6 Å². The summed E-state index contributed by atoms with van der Waals surface area (Å²) in [5.74, 6) is 0.823. The van der Waals surface area contributed by atoms with E-state index >= 15 is 0 Å². The molecule has 15 heavy (non-hydrogen) atoms. The molecule has 0 atom stereocenters. The Morgan fingerprint density at radius 1 is 1.27 bits per heavy atom. The van der Waals surface area contributed by atoms with Gasteiger partial charge in [-0.1, -0.05) is 26.8 Å². The summed E-state index contributed by atoms with van der Waals surface area (Å²) in [6.45, 7) is 8.95. The van der Waals surface area contributed by atoms with Crippen LogP contribution >= 0.6 is 24.4 Å². The van der Waals surface area contributed by atoms with Gasteiger partial charge in [-0.3, -0.25) is 0 Å². The predicted molar refractivity (Wildman–Crippen MR) is 74.4 cm³/mol. The lowest BCUT2D eigenvalue weighted by Gasteiger charge is -2.22. The molecule has 0 saturated heterocycles. The molecule has 0 bridgehead atoms. The molecule has 0 aliphatic heterocycles. The number of thioether (sulfide) groups is 1. The highest BCUT2D eigenvalue weighted by atomic mass is 32.2. The topological polar surface area (TPSA) is 0 Å². The fourth-order valence-corrected chi connectivity index (χ4v) is 2.57. The van der Waals surface area contributed by atoms with Crippen LogP contribution in [0.25, 0.3) is 0 Å². The molecular formula is C13H20S2. The summed E-state index contributed by atoms with van der Waals surface area (Å²) in [4.78, 5) is 1.38. The van der Waals surface area contributed by atoms with Crippen LogP contribution in [0.4, 0.5) is 0 Å². The van der Waals surface area contributed by atoms with Crippen molar-refractivity contribution in [3.05, 3.63) is 28.8 Å². The predicted octanol–water partition coefficient (Wildman–Crippen LogP) is 4.44. The van der Waals surface area contributed by atoms with Crippen LogP contribution in [0, 0.1) is 6.92 Å². The quantitative estimate of drug-likeness (QED) is 0.589. The number of thiol groups is 1. The SMILES string of the molecule is CSc1cc(C(C)(C)C)cc(CS)c1C. The number of benzene rings is 1. The third-order valence-electron chi connectivity index (χ3n) is 2.72. The molecule has 1 aromatic rings. The van der Waals surface area contributed by atoms with Crippen LogP contribution in [0.15, 0.2) is 17.0 Å². The van der Waals surface area contributed by atoms with Crippen molar-refractivity contribution in [2.24, 2.45) is 0 Å².